The van der Waals surface area contributed by atoms with E-state index >= 15 is 0 Å². The van der Waals surface area contributed by atoms with Gasteiger partial charge in [-0.3, -0.25) is 0 Å². The third-order valence-electron chi connectivity index (χ3n) is 4.09. The average Bonchev–Trinajstić information content (AvgIpc) is 2.23. The Bertz CT molecular complexity index is 330. The highest BCUT2D eigenvalue weighted by Crippen LogP contribution is 2.41. The highest BCUT2D eigenvalue weighted by molar-refractivity contribution is 5.29. The zero-order valence-electron chi connectivity index (χ0n) is 10.2. The largest absolute Gasteiger partial charge is 0.0625 e. The molecule has 0 aromatic heterocycles. The third-order valence-corrected chi connectivity index (χ3v) is 4.09. The number of benzene rings is 1. The summed E-state index contributed by atoms with van der Waals surface area (Å²) in [5.41, 5.74) is 3.39. The Labute approximate surface area is 93.7 Å². The van der Waals surface area contributed by atoms with Crippen molar-refractivity contribution in [2.75, 3.05) is 0 Å². The lowest BCUT2D eigenvalue weighted by atomic mass is 9.68. The lowest BCUT2D eigenvalue weighted by molar-refractivity contribution is 0.260. The minimum Gasteiger partial charge on any atom is -0.0625 e. The van der Waals surface area contributed by atoms with Crippen LogP contribution in [-0.2, 0) is 5.41 Å². The maximum atomic E-state index is 2.44. The molecule has 0 amide bonds. The van der Waals surface area contributed by atoms with Gasteiger partial charge in [0.25, 0.3) is 0 Å². The predicted octanol–water partition coefficient (Wildman–Crippen LogP) is 4.46. The maximum Gasteiger partial charge on any atom is -0.00750 e. The highest BCUT2D eigenvalue weighted by Gasteiger charge is 2.30. The zero-order valence-corrected chi connectivity index (χ0v) is 10.2. The van der Waals surface area contributed by atoms with Crippen LogP contribution in [0.5, 0.6) is 0 Å². The first-order valence-electron chi connectivity index (χ1n) is 6.17. The van der Waals surface area contributed by atoms with Crippen LogP contribution in [0.1, 0.15) is 50.7 Å². The molecule has 15 heavy (non-hydrogen) atoms. The minimum absolute atomic E-state index is 0.443. The molecule has 0 saturated heterocycles. The van der Waals surface area contributed by atoms with Crippen LogP contribution in [0.2, 0.25) is 0 Å². The second-order valence-electron chi connectivity index (χ2n) is 5.61. The van der Waals surface area contributed by atoms with Gasteiger partial charge in [-0.1, -0.05) is 43.7 Å². The predicted molar refractivity (Wildman–Crippen MR) is 66.2 cm³/mol. The molecule has 2 rings (SSSR count). The van der Waals surface area contributed by atoms with E-state index in [2.05, 4.69) is 45.0 Å². The Morgan fingerprint density at radius 1 is 1.20 bits per heavy atom. The van der Waals surface area contributed by atoms with Crippen LogP contribution < -0.4 is 0 Å². The van der Waals surface area contributed by atoms with Crippen molar-refractivity contribution in [2.45, 2.75) is 51.9 Å². The van der Waals surface area contributed by atoms with Crippen molar-refractivity contribution in [3.63, 3.8) is 0 Å². The fourth-order valence-corrected chi connectivity index (χ4v) is 2.71. The van der Waals surface area contributed by atoms with Crippen LogP contribution in [-0.4, -0.2) is 0 Å². The van der Waals surface area contributed by atoms with Crippen molar-refractivity contribution in [3.05, 3.63) is 35.4 Å². The second kappa shape index (κ2) is 4.00. The summed E-state index contributed by atoms with van der Waals surface area (Å²) in [6.07, 6.45) is 5.50. The summed E-state index contributed by atoms with van der Waals surface area (Å²) >= 11 is 0. The van der Waals surface area contributed by atoms with Gasteiger partial charge in [0.05, 0.1) is 0 Å². The van der Waals surface area contributed by atoms with Crippen LogP contribution in [0, 0.1) is 12.8 Å². The number of rotatable bonds is 1. The standard InChI is InChI=1S/C15H22/c1-12-7-9-15(3,10-8-12)14-6-4-5-13(2)11-14/h4-6,11-12H,7-10H2,1-3H3. The molecule has 0 atom stereocenters. The molecule has 0 aliphatic heterocycles. The molecule has 0 unspecified atom stereocenters. The van der Waals surface area contributed by atoms with Crippen LogP contribution in [0.3, 0.4) is 0 Å². The molecule has 1 saturated carbocycles. The molecule has 0 nitrogen and oxygen atoms in total. The minimum atomic E-state index is 0.443. The van der Waals surface area contributed by atoms with Crippen molar-refractivity contribution in [2.24, 2.45) is 5.92 Å². The van der Waals surface area contributed by atoms with E-state index in [9.17, 15) is 0 Å². The zero-order chi connectivity index (χ0) is 10.9. The van der Waals surface area contributed by atoms with Crippen molar-refractivity contribution >= 4 is 0 Å². The Balaban J connectivity index is 2.22. The van der Waals surface area contributed by atoms with Gasteiger partial charge >= 0.3 is 0 Å². The fourth-order valence-electron chi connectivity index (χ4n) is 2.71. The summed E-state index contributed by atoms with van der Waals surface area (Å²) in [7, 11) is 0. The fraction of sp³-hybridized carbons (Fsp3) is 0.600. The Morgan fingerprint density at radius 3 is 2.47 bits per heavy atom. The van der Waals surface area contributed by atoms with Gasteiger partial charge in [-0.05, 0) is 49.5 Å². The first-order valence-corrected chi connectivity index (χ1v) is 6.17. The summed E-state index contributed by atoms with van der Waals surface area (Å²) in [6.45, 7) is 7.02. The van der Waals surface area contributed by atoms with E-state index < -0.39 is 0 Å². The van der Waals surface area contributed by atoms with Crippen LogP contribution in [0.15, 0.2) is 24.3 Å². The molecule has 1 aromatic rings. The number of aryl methyl sites for hydroxylation is 1. The second-order valence-corrected chi connectivity index (χ2v) is 5.61. The third kappa shape index (κ3) is 2.25. The normalized spacial score (nSPS) is 31.5. The first-order chi connectivity index (χ1) is 7.10. The lowest BCUT2D eigenvalue weighted by Gasteiger charge is -2.37. The monoisotopic (exact) mass is 202 g/mol. The molecular formula is C15H22. The van der Waals surface area contributed by atoms with Gasteiger partial charge in [0.2, 0.25) is 0 Å². The van der Waals surface area contributed by atoms with Crippen molar-refractivity contribution < 1.29 is 0 Å². The van der Waals surface area contributed by atoms with E-state index in [1.54, 1.807) is 5.56 Å². The van der Waals surface area contributed by atoms with Crippen molar-refractivity contribution in [1.29, 1.82) is 0 Å². The quantitative estimate of drug-likeness (QED) is 0.630. The van der Waals surface area contributed by atoms with Crippen molar-refractivity contribution in [1.82, 2.24) is 0 Å². The molecule has 0 bridgehead atoms. The average molecular weight is 202 g/mol. The Kier molecular flexibility index (Phi) is 2.86. The Hall–Kier alpha value is -0.780. The van der Waals surface area contributed by atoms with Gasteiger partial charge in [-0.25, -0.2) is 0 Å². The van der Waals surface area contributed by atoms with E-state index in [1.165, 1.54) is 31.2 Å². The summed E-state index contributed by atoms with van der Waals surface area (Å²) in [4.78, 5) is 0. The topological polar surface area (TPSA) is 0 Å². The van der Waals surface area contributed by atoms with Gasteiger partial charge in [-0.2, -0.15) is 0 Å². The molecule has 82 valence electrons. The summed E-state index contributed by atoms with van der Waals surface area (Å²) in [5.74, 6) is 0.933. The molecule has 1 aromatic carbocycles. The molecule has 0 heteroatoms. The smallest absolute Gasteiger partial charge is 0.00750 e. The maximum absolute atomic E-state index is 2.44. The summed E-state index contributed by atoms with van der Waals surface area (Å²) in [5, 5.41) is 0. The molecule has 0 N–H and O–H groups in total. The highest BCUT2D eigenvalue weighted by atomic mass is 14.4. The molecule has 0 heterocycles. The SMILES string of the molecule is Cc1cccc(C2(C)CCC(C)CC2)c1. The molecular weight excluding hydrogens is 180 g/mol. The van der Waals surface area contributed by atoms with E-state index in [1.807, 2.05) is 0 Å². The summed E-state index contributed by atoms with van der Waals surface area (Å²) in [6, 6.07) is 9.07. The van der Waals surface area contributed by atoms with Crippen molar-refractivity contribution in [3.8, 4) is 0 Å². The Morgan fingerprint density at radius 2 is 1.87 bits per heavy atom. The van der Waals surface area contributed by atoms with Gasteiger partial charge < -0.3 is 0 Å². The first kappa shape index (κ1) is 10.7. The lowest BCUT2D eigenvalue weighted by Crippen LogP contribution is -2.27. The molecule has 0 spiro atoms. The van der Waals surface area contributed by atoms with Crippen LogP contribution in [0.4, 0.5) is 0 Å². The van der Waals surface area contributed by atoms with Crippen LogP contribution in [0.25, 0.3) is 0 Å². The van der Waals surface area contributed by atoms with Gasteiger partial charge in [0.1, 0.15) is 0 Å². The van der Waals surface area contributed by atoms with Gasteiger partial charge in [0.15, 0.2) is 0 Å². The molecule has 1 fully saturated rings. The van der Waals surface area contributed by atoms with Crippen LogP contribution >= 0.6 is 0 Å². The van der Waals surface area contributed by atoms with E-state index in [4.69, 9.17) is 0 Å². The molecule has 1 aliphatic rings. The van der Waals surface area contributed by atoms with Gasteiger partial charge in [0, 0.05) is 0 Å². The molecule has 1 aliphatic carbocycles. The summed E-state index contributed by atoms with van der Waals surface area (Å²) < 4.78 is 0. The van der Waals surface area contributed by atoms with E-state index in [0.717, 1.165) is 5.92 Å². The van der Waals surface area contributed by atoms with E-state index in [-0.39, 0.29) is 0 Å². The number of hydrogen-bond acceptors (Lipinski definition) is 0. The van der Waals surface area contributed by atoms with E-state index in [0.29, 0.717) is 5.41 Å². The number of hydrogen-bond donors (Lipinski definition) is 0. The van der Waals surface area contributed by atoms with Gasteiger partial charge in [-0.15, -0.1) is 0 Å². The molecule has 0 radical (unpaired) electrons.